The van der Waals surface area contributed by atoms with Crippen LogP contribution in [0.25, 0.3) is 0 Å². The van der Waals surface area contributed by atoms with Crippen LogP contribution in [0.4, 0.5) is 0 Å². The SMILES string of the molecule is CC(C)CCCN1CCC[C@@]2(CCCN(C(=O)CCCn3cccn3)[C@@H]2C)C1=O. The summed E-state index contributed by atoms with van der Waals surface area (Å²) in [6.07, 6.45) is 11.1. The Hall–Kier alpha value is -1.85. The third-order valence-electron chi connectivity index (χ3n) is 6.92. The first-order chi connectivity index (χ1) is 13.9. The van der Waals surface area contributed by atoms with Crippen LogP contribution in [-0.2, 0) is 16.1 Å². The lowest BCUT2D eigenvalue weighted by molar-refractivity contribution is -0.159. The molecule has 2 amide bonds. The van der Waals surface area contributed by atoms with Gasteiger partial charge >= 0.3 is 0 Å². The highest BCUT2D eigenvalue weighted by atomic mass is 16.2. The van der Waals surface area contributed by atoms with Gasteiger partial charge in [0.1, 0.15) is 0 Å². The van der Waals surface area contributed by atoms with Crippen LogP contribution in [0.5, 0.6) is 0 Å². The van der Waals surface area contributed by atoms with Crippen molar-refractivity contribution >= 4 is 11.8 Å². The number of aromatic nitrogens is 2. The van der Waals surface area contributed by atoms with E-state index in [1.807, 2.05) is 21.8 Å². The average molecular weight is 403 g/mol. The Morgan fingerprint density at radius 1 is 1.21 bits per heavy atom. The molecule has 3 rings (SSSR count). The van der Waals surface area contributed by atoms with Gasteiger partial charge in [-0.1, -0.05) is 13.8 Å². The summed E-state index contributed by atoms with van der Waals surface area (Å²) in [7, 11) is 0. The molecule has 3 heterocycles. The van der Waals surface area contributed by atoms with E-state index in [0.29, 0.717) is 18.2 Å². The summed E-state index contributed by atoms with van der Waals surface area (Å²) >= 11 is 0. The highest BCUT2D eigenvalue weighted by Crippen LogP contribution is 2.44. The number of piperidine rings is 2. The smallest absolute Gasteiger partial charge is 0.230 e. The van der Waals surface area contributed by atoms with Crippen molar-refractivity contribution in [3.63, 3.8) is 0 Å². The minimum Gasteiger partial charge on any atom is -0.342 e. The van der Waals surface area contributed by atoms with E-state index in [9.17, 15) is 9.59 Å². The van der Waals surface area contributed by atoms with Gasteiger partial charge in [0, 0.05) is 51.0 Å². The molecule has 29 heavy (non-hydrogen) atoms. The minimum absolute atomic E-state index is 0.00569. The van der Waals surface area contributed by atoms with E-state index in [4.69, 9.17) is 0 Å². The molecule has 6 heteroatoms. The zero-order valence-electron chi connectivity index (χ0n) is 18.5. The molecule has 0 unspecified atom stereocenters. The number of carbonyl (C=O) groups is 2. The van der Waals surface area contributed by atoms with Crippen molar-refractivity contribution in [2.24, 2.45) is 11.3 Å². The summed E-state index contributed by atoms with van der Waals surface area (Å²) in [6, 6.07) is 1.90. The summed E-state index contributed by atoms with van der Waals surface area (Å²) in [5.41, 5.74) is -0.369. The van der Waals surface area contributed by atoms with E-state index in [1.165, 1.54) is 0 Å². The van der Waals surface area contributed by atoms with E-state index < -0.39 is 0 Å². The fourth-order valence-corrected chi connectivity index (χ4v) is 5.21. The van der Waals surface area contributed by atoms with Gasteiger partial charge in [-0.05, 0) is 63.9 Å². The van der Waals surface area contributed by atoms with Crippen LogP contribution in [0.1, 0.15) is 72.1 Å². The highest BCUT2D eigenvalue weighted by molar-refractivity contribution is 5.86. The molecule has 0 aromatic carbocycles. The van der Waals surface area contributed by atoms with E-state index >= 15 is 0 Å². The molecule has 1 spiro atoms. The van der Waals surface area contributed by atoms with Gasteiger partial charge in [-0.2, -0.15) is 5.10 Å². The van der Waals surface area contributed by atoms with Crippen molar-refractivity contribution in [2.45, 2.75) is 84.7 Å². The molecule has 2 fully saturated rings. The second-order valence-corrected chi connectivity index (χ2v) is 9.33. The fraction of sp³-hybridized carbons (Fsp3) is 0.783. The van der Waals surface area contributed by atoms with Crippen LogP contribution < -0.4 is 0 Å². The summed E-state index contributed by atoms with van der Waals surface area (Å²) in [6.45, 7) is 9.86. The molecule has 2 saturated heterocycles. The third kappa shape index (κ3) is 5.01. The molecule has 6 nitrogen and oxygen atoms in total. The Morgan fingerprint density at radius 3 is 2.66 bits per heavy atom. The van der Waals surface area contributed by atoms with Crippen molar-refractivity contribution in [1.82, 2.24) is 19.6 Å². The van der Waals surface area contributed by atoms with Gasteiger partial charge < -0.3 is 9.80 Å². The van der Waals surface area contributed by atoms with Gasteiger partial charge in [0.2, 0.25) is 11.8 Å². The molecule has 2 atom stereocenters. The molecule has 162 valence electrons. The Bertz CT molecular complexity index is 668. The lowest BCUT2D eigenvalue weighted by Gasteiger charge is -2.51. The van der Waals surface area contributed by atoms with Crippen molar-refractivity contribution in [2.75, 3.05) is 19.6 Å². The quantitative estimate of drug-likeness (QED) is 0.666. The molecule has 2 aliphatic heterocycles. The van der Waals surface area contributed by atoms with E-state index in [-0.39, 0.29) is 17.4 Å². The van der Waals surface area contributed by atoms with Gasteiger partial charge in [0.05, 0.1) is 5.41 Å². The summed E-state index contributed by atoms with van der Waals surface area (Å²) < 4.78 is 1.87. The average Bonchev–Trinajstić information content (AvgIpc) is 3.20. The van der Waals surface area contributed by atoms with Crippen LogP contribution in [0.15, 0.2) is 18.5 Å². The van der Waals surface area contributed by atoms with Crippen LogP contribution in [0, 0.1) is 11.3 Å². The third-order valence-corrected chi connectivity index (χ3v) is 6.92. The predicted octanol–water partition coefficient (Wildman–Crippen LogP) is 3.72. The molecular formula is C23H38N4O2. The molecule has 0 radical (unpaired) electrons. The van der Waals surface area contributed by atoms with Crippen LogP contribution >= 0.6 is 0 Å². The van der Waals surface area contributed by atoms with Crippen molar-refractivity contribution in [3.8, 4) is 0 Å². The number of rotatable bonds is 8. The number of likely N-dealkylation sites (tertiary alicyclic amines) is 2. The maximum Gasteiger partial charge on any atom is 0.230 e. The molecule has 1 aromatic heterocycles. The summed E-state index contributed by atoms with van der Waals surface area (Å²) in [5, 5.41) is 4.20. The van der Waals surface area contributed by atoms with Gasteiger partial charge in [0.15, 0.2) is 0 Å². The molecule has 0 saturated carbocycles. The largest absolute Gasteiger partial charge is 0.342 e. The zero-order chi connectivity index (χ0) is 20.9. The summed E-state index contributed by atoms with van der Waals surface area (Å²) in [4.78, 5) is 30.6. The Labute approximate surface area is 175 Å². The number of aryl methyl sites for hydroxylation is 1. The first kappa shape index (κ1) is 21.8. The second-order valence-electron chi connectivity index (χ2n) is 9.33. The highest BCUT2D eigenvalue weighted by Gasteiger charge is 2.51. The van der Waals surface area contributed by atoms with Crippen LogP contribution in [-0.4, -0.2) is 57.1 Å². The van der Waals surface area contributed by atoms with Crippen molar-refractivity contribution < 1.29 is 9.59 Å². The van der Waals surface area contributed by atoms with E-state index in [2.05, 4.69) is 30.8 Å². The Kier molecular flexibility index (Phi) is 7.36. The second kappa shape index (κ2) is 9.77. The van der Waals surface area contributed by atoms with E-state index in [1.54, 1.807) is 6.20 Å². The maximum absolute atomic E-state index is 13.5. The zero-order valence-corrected chi connectivity index (χ0v) is 18.5. The number of carbonyl (C=O) groups excluding carboxylic acids is 2. The predicted molar refractivity (Wildman–Crippen MR) is 114 cm³/mol. The molecule has 0 aliphatic carbocycles. The topological polar surface area (TPSA) is 58.4 Å². The van der Waals surface area contributed by atoms with Gasteiger partial charge in [-0.25, -0.2) is 0 Å². The fourth-order valence-electron chi connectivity index (χ4n) is 5.21. The molecule has 0 N–H and O–H groups in total. The van der Waals surface area contributed by atoms with Crippen LogP contribution in [0.2, 0.25) is 0 Å². The lowest BCUT2D eigenvalue weighted by Crippen LogP contribution is -2.61. The monoisotopic (exact) mass is 402 g/mol. The standard InChI is InChI=1S/C23H38N4O2/c1-19(2)9-4-14-25-15-6-11-23(22(25)29)12-7-18-27(20(23)3)21(28)10-5-16-26-17-8-13-24-26/h8,13,17,19-20H,4-7,9-12,14-16,18H2,1-3H3/t20-,23+/m1/s1. The van der Waals surface area contributed by atoms with Crippen LogP contribution in [0.3, 0.4) is 0 Å². The number of hydrogen-bond acceptors (Lipinski definition) is 3. The molecule has 1 aromatic rings. The molecule has 2 aliphatic rings. The van der Waals surface area contributed by atoms with Gasteiger partial charge in [-0.15, -0.1) is 0 Å². The van der Waals surface area contributed by atoms with Crippen molar-refractivity contribution in [3.05, 3.63) is 18.5 Å². The first-order valence-corrected chi connectivity index (χ1v) is 11.5. The summed E-state index contributed by atoms with van der Waals surface area (Å²) in [5.74, 6) is 1.16. The number of hydrogen-bond donors (Lipinski definition) is 0. The van der Waals surface area contributed by atoms with Gasteiger partial charge in [0.25, 0.3) is 0 Å². The number of nitrogens with zero attached hydrogens (tertiary/aromatic N) is 4. The molecular weight excluding hydrogens is 364 g/mol. The van der Waals surface area contributed by atoms with Crippen molar-refractivity contribution in [1.29, 1.82) is 0 Å². The van der Waals surface area contributed by atoms with E-state index in [0.717, 1.165) is 71.1 Å². The Morgan fingerprint density at radius 2 is 1.97 bits per heavy atom. The lowest BCUT2D eigenvalue weighted by atomic mass is 9.67. The Balaban J connectivity index is 1.59. The maximum atomic E-state index is 13.5. The number of amides is 2. The van der Waals surface area contributed by atoms with Gasteiger partial charge in [-0.3, -0.25) is 14.3 Å². The molecule has 0 bridgehead atoms. The minimum atomic E-state index is -0.369. The normalized spacial score (nSPS) is 25.2. The first-order valence-electron chi connectivity index (χ1n) is 11.5.